The number of amides is 1. The number of carbonyl (C=O) groups is 1. The minimum absolute atomic E-state index is 0.0490. The Kier molecular flexibility index (Phi) is 4.56. The van der Waals surface area contributed by atoms with Gasteiger partial charge in [-0.2, -0.15) is 5.10 Å². The van der Waals surface area contributed by atoms with Crippen molar-refractivity contribution in [3.05, 3.63) is 48.4 Å². The van der Waals surface area contributed by atoms with Crippen LogP contribution in [0.2, 0.25) is 0 Å². The molecule has 3 aromatic rings. The van der Waals surface area contributed by atoms with Gasteiger partial charge in [0.25, 0.3) is 0 Å². The molecule has 0 spiro atoms. The van der Waals surface area contributed by atoms with E-state index in [4.69, 9.17) is 5.73 Å². The highest BCUT2D eigenvalue weighted by molar-refractivity contribution is 5.88. The van der Waals surface area contributed by atoms with E-state index in [1.54, 1.807) is 0 Å². The fourth-order valence-corrected chi connectivity index (χ4v) is 3.98. The predicted octanol–water partition coefficient (Wildman–Crippen LogP) is 3.34. The van der Waals surface area contributed by atoms with E-state index in [1.807, 2.05) is 41.5 Å². The number of nitrogens with zero attached hydrogens (tertiary/aromatic N) is 4. The molecule has 140 valence electrons. The van der Waals surface area contributed by atoms with Gasteiger partial charge in [-0.15, -0.1) is 0 Å². The molecule has 2 N–H and O–H groups in total. The number of likely N-dealkylation sites (tertiary alicyclic amines) is 1. The van der Waals surface area contributed by atoms with Crippen LogP contribution in [-0.2, 0) is 4.79 Å². The second kappa shape index (κ2) is 7.02. The van der Waals surface area contributed by atoms with Crippen LogP contribution in [0, 0.1) is 5.92 Å². The van der Waals surface area contributed by atoms with E-state index in [2.05, 4.69) is 28.3 Å². The van der Waals surface area contributed by atoms with Gasteiger partial charge in [-0.3, -0.25) is 4.79 Å². The van der Waals surface area contributed by atoms with E-state index in [-0.39, 0.29) is 11.8 Å². The Labute approximate surface area is 159 Å². The average Bonchev–Trinajstić information content (AvgIpc) is 3.09. The summed E-state index contributed by atoms with van der Waals surface area (Å²) in [5, 5.41) is 4.49. The van der Waals surface area contributed by atoms with Crippen LogP contribution in [-0.4, -0.2) is 38.5 Å². The van der Waals surface area contributed by atoms with Gasteiger partial charge in [0.2, 0.25) is 5.91 Å². The lowest BCUT2D eigenvalue weighted by molar-refractivity contribution is -0.135. The van der Waals surface area contributed by atoms with Gasteiger partial charge in [-0.05, 0) is 24.5 Å². The van der Waals surface area contributed by atoms with E-state index >= 15 is 0 Å². The van der Waals surface area contributed by atoms with Crippen molar-refractivity contribution < 1.29 is 4.79 Å². The maximum atomic E-state index is 12.3. The number of fused-ring (bicyclic) bond motifs is 1. The standard InChI is InChI=1S/C21H25N5O/c1-14(2)21(27)25-10-8-16(9-11-25)18-12-17(15-6-4-3-5-7-15)19-20(22)23-13-24-26(18)19/h3-7,12-14,16H,8-11H2,1-2H3,(H2,22,23,24). The zero-order valence-electron chi connectivity index (χ0n) is 15.8. The minimum atomic E-state index is 0.0490. The lowest BCUT2D eigenvalue weighted by atomic mass is 9.92. The van der Waals surface area contributed by atoms with Crippen molar-refractivity contribution in [2.45, 2.75) is 32.6 Å². The van der Waals surface area contributed by atoms with Crippen molar-refractivity contribution in [2.75, 3.05) is 18.8 Å². The SMILES string of the molecule is CC(C)C(=O)N1CCC(c2cc(-c3ccccc3)c3c(N)ncnn23)CC1. The second-order valence-electron chi connectivity index (χ2n) is 7.51. The van der Waals surface area contributed by atoms with Gasteiger partial charge in [0.05, 0.1) is 0 Å². The quantitative estimate of drug-likeness (QED) is 0.774. The molecule has 1 aliphatic heterocycles. The van der Waals surface area contributed by atoms with Crippen molar-refractivity contribution >= 4 is 17.2 Å². The highest BCUT2D eigenvalue weighted by atomic mass is 16.2. The summed E-state index contributed by atoms with van der Waals surface area (Å²) in [4.78, 5) is 18.5. The smallest absolute Gasteiger partial charge is 0.225 e. The molecular weight excluding hydrogens is 338 g/mol. The number of hydrogen-bond donors (Lipinski definition) is 1. The molecule has 0 unspecified atom stereocenters. The fourth-order valence-electron chi connectivity index (χ4n) is 3.98. The number of nitrogens with two attached hydrogens (primary N) is 1. The van der Waals surface area contributed by atoms with Crippen molar-refractivity contribution in [2.24, 2.45) is 5.92 Å². The molecule has 1 fully saturated rings. The molecule has 2 aromatic heterocycles. The summed E-state index contributed by atoms with van der Waals surface area (Å²) in [6.07, 6.45) is 3.38. The number of piperidine rings is 1. The van der Waals surface area contributed by atoms with Crippen LogP contribution in [0.3, 0.4) is 0 Å². The fraction of sp³-hybridized carbons (Fsp3) is 0.381. The van der Waals surface area contributed by atoms with Gasteiger partial charge in [0.1, 0.15) is 11.8 Å². The van der Waals surface area contributed by atoms with Crippen molar-refractivity contribution in [3.63, 3.8) is 0 Å². The molecule has 1 saturated heterocycles. The Balaban J connectivity index is 1.70. The maximum Gasteiger partial charge on any atom is 0.225 e. The number of carbonyl (C=O) groups excluding carboxylic acids is 1. The molecular formula is C21H25N5O. The Hall–Kier alpha value is -2.89. The molecule has 27 heavy (non-hydrogen) atoms. The molecule has 6 nitrogen and oxygen atoms in total. The summed E-state index contributed by atoms with van der Waals surface area (Å²) in [5.74, 6) is 1.13. The van der Waals surface area contributed by atoms with E-state index in [1.165, 1.54) is 6.33 Å². The zero-order chi connectivity index (χ0) is 19.0. The normalized spacial score (nSPS) is 15.6. The third-order valence-corrected chi connectivity index (χ3v) is 5.41. The van der Waals surface area contributed by atoms with Gasteiger partial charge in [0.15, 0.2) is 5.82 Å². The van der Waals surface area contributed by atoms with E-state index in [9.17, 15) is 4.79 Å². The van der Waals surface area contributed by atoms with Crippen LogP contribution in [0.25, 0.3) is 16.6 Å². The number of rotatable bonds is 3. The topological polar surface area (TPSA) is 76.5 Å². The van der Waals surface area contributed by atoms with Crippen LogP contribution in [0.15, 0.2) is 42.7 Å². The van der Waals surface area contributed by atoms with Crippen LogP contribution in [0.1, 0.15) is 38.3 Å². The second-order valence-corrected chi connectivity index (χ2v) is 7.51. The highest BCUT2D eigenvalue weighted by Gasteiger charge is 2.28. The first-order valence-electron chi connectivity index (χ1n) is 9.52. The first kappa shape index (κ1) is 17.5. The number of anilines is 1. The van der Waals surface area contributed by atoms with Crippen molar-refractivity contribution in [1.82, 2.24) is 19.5 Å². The van der Waals surface area contributed by atoms with Gasteiger partial charge in [-0.25, -0.2) is 9.50 Å². The summed E-state index contributed by atoms with van der Waals surface area (Å²) in [6.45, 7) is 5.49. The molecule has 1 aromatic carbocycles. The summed E-state index contributed by atoms with van der Waals surface area (Å²) < 4.78 is 1.94. The third-order valence-electron chi connectivity index (χ3n) is 5.41. The monoisotopic (exact) mass is 363 g/mol. The summed E-state index contributed by atoms with van der Waals surface area (Å²) >= 11 is 0. The van der Waals surface area contributed by atoms with Gasteiger partial charge >= 0.3 is 0 Å². The Bertz CT molecular complexity index is 955. The van der Waals surface area contributed by atoms with Gasteiger partial charge in [0, 0.05) is 36.2 Å². The van der Waals surface area contributed by atoms with Crippen LogP contribution >= 0.6 is 0 Å². The third kappa shape index (κ3) is 3.16. The molecule has 3 heterocycles. The molecule has 6 heteroatoms. The van der Waals surface area contributed by atoms with Crippen LogP contribution in [0.4, 0.5) is 5.82 Å². The predicted molar refractivity (Wildman–Crippen MR) is 106 cm³/mol. The zero-order valence-corrected chi connectivity index (χ0v) is 15.8. The molecule has 1 aliphatic rings. The number of benzene rings is 1. The highest BCUT2D eigenvalue weighted by Crippen LogP contribution is 2.36. The lowest BCUT2D eigenvalue weighted by Crippen LogP contribution is -2.40. The largest absolute Gasteiger partial charge is 0.382 e. The molecule has 0 atom stereocenters. The Morgan fingerprint density at radius 1 is 1.19 bits per heavy atom. The first-order valence-corrected chi connectivity index (χ1v) is 9.52. The average molecular weight is 363 g/mol. The maximum absolute atomic E-state index is 12.3. The molecule has 0 aliphatic carbocycles. The molecule has 1 amide bonds. The molecule has 0 bridgehead atoms. The van der Waals surface area contributed by atoms with E-state index in [0.29, 0.717) is 11.7 Å². The van der Waals surface area contributed by atoms with Crippen molar-refractivity contribution in [1.29, 1.82) is 0 Å². The number of aromatic nitrogens is 3. The molecule has 0 saturated carbocycles. The molecule has 4 rings (SSSR count). The van der Waals surface area contributed by atoms with Crippen LogP contribution in [0.5, 0.6) is 0 Å². The summed E-state index contributed by atoms with van der Waals surface area (Å²) in [6, 6.07) is 12.4. The van der Waals surface area contributed by atoms with Gasteiger partial charge < -0.3 is 10.6 Å². The van der Waals surface area contributed by atoms with Crippen LogP contribution < -0.4 is 5.73 Å². The minimum Gasteiger partial charge on any atom is -0.382 e. The first-order chi connectivity index (χ1) is 13.1. The van der Waals surface area contributed by atoms with Crippen molar-refractivity contribution in [3.8, 4) is 11.1 Å². The Morgan fingerprint density at radius 3 is 2.56 bits per heavy atom. The number of nitrogen functional groups attached to an aromatic ring is 1. The number of hydrogen-bond acceptors (Lipinski definition) is 4. The Morgan fingerprint density at radius 2 is 1.89 bits per heavy atom. The van der Waals surface area contributed by atoms with E-state index < -0.39 is 0 Å². The molecule has 0 radical (unpaired) electrons. The van der Waals surface area contributed by atoms with Gasteiger partial charge in [-0.1, -0.05) is 44.2 Å². The summed E-state index contributed by atoms with van der Waals surface area (Å²) in [7, 11) is 0. The lowest BCUT2D eigenvalue weighted by Gasteiger charge is -2.33. The van der Waals surface area contributed by atoms with E-state index in [0.717, 1.165) is 48.3 Å². The summed E-state index contributed by atoms with van der Waals surface area (Å²) in [5.41, 5.74) is 10.4.